The fourth-order valence-corrected chi connectivity index (χ4v) is 4.59. The number of amides is 2. The number of hydrogen-bond donors (Lipinski definition) is 3. The predicted molar refractivity (Wildman–Crippen MR) is 131 cm³/mol. The standard InChI is InChI=1S/C24H33N3O6S/c1-19(17-25-24(29)30)10-15-23(28)27(16-6-9-20-7-4-3-5-8-20)18-34(31,32)26-21-11-13-22(33-2)14-12-21/h3-5,7-8,11-14,19,25-26H,6,9-10,15-18H2,1-2H3,(H,29,30). The fourth-order valence-electron chi connectivity index (χ4n) is 3.35. The van der Waals surface area contributed by atoms with Gasteiger partial charge < -0.3 is 20.1 Å². The summed E-state index contributed by atoms with van der Waals surface area (Å²) in [5, 5.41) is 11.0. The van der Waals surface area contributed by atoms with Crippen molar-refractivity contribution in [2.24, 2.45) is 5.92 Å². The number of carbonyl (C=O) groups excluding carboxylic acids is 1. The van der Waals surface area contributed by atoms with Crippen molar-refractivity contribution in [3.8, 4) is 5.75 Å². The number of aryl methyl sites for hydroxylation is 1. The van der Waals surface area contributed by atoms with E-state index in [4.69, 9.17) is 9.84 Å². The lowest BCUT2D eigenvalue weighted by Gasteiger charge is -2.24. The van der Waals surface area contributed by atoms with Crippen molar-refractivity contribution in [3.05, 3.63) is 60.2 Å². The minimum atomic E-state index is -3.83. The van der Waals surface area contributed by atoms with Crippen LogP contribution in [0.1, 0.15) is 31.7 Å². The zero-order chi connectivity index (χ0) is 25.0. The van der Waals surface area contributed by atoms with E-state index in [2.05, 4.69) is 10.0 Å². The molecule has 0 aliphatic rings. The number of nitrogens with zero attached hydrogens (tertiary/aromatic N) is 1. The summed E-state index contributed by atoms with van der Waals surface area (Å²) in [6.07, 6.45) is 0.794. The van der Waals surface area contributed by atoms with E-state index in [0.29, 0.717) is 30.8 Å². The molecule has 2 amide bonds. The van der Waals surface area contributed by atoms with Crippen molar-refractivity contribution in [1.82, 2.24) is 10.2 Å². The quantitative estimate of drug-likeness (QED) is 0.371. The second-order valence-electron chi connectivity index (χ2n) is 8.15. The molecule has 9 nitrogen and oxygen atoms in total. The van der Waals surface area contributed by atoms with Crippen LogP contribution in [0.3, 0.4) is 0 Å². The summed E-state index contributed by atoms with van der Waals surface area (Å²) in [5.74, 6) is -0.197. The molecule has 0 radical (unpaired) electrons. The highest BCUT2D eigenvalue weighted by molar-refractivity contribution is 7.92. The van der Waals surface area contributed by atoms with Gasteiger partial charge in [-0.25, -0.2) is 13.2 Å². The maximum Gasteiger partial charge on any atom is 0.404 e. The molecule has 1 atom stereocenters. The number of rotatable bonds is 14. The summed E-state index contributed by atoms with van der Waals surface area (Å²) >= 11 is 0. The van der Waals surface area contributed by atoms with Gasteiger partial charge in [0.2, 0.25) is 5.91 Å². The molecular formula is C24H33N3O6S. The number of benzene rings is 2. The normalized spacial score (nSPS) is 11.9. The van der Waals surface area contributed by atoms with Crippen LogP contribution in [0, 0.1) is 5.92 Å². The van der Waals surface area contributed by atoms with Crippen molar-refractivity contribution in [2.75, 3.05) is 30.8 Å². The molecule has 0 heterocycles. The molecular weight excluding hydrogens is 458 g/mol. The van der Waals surface area contributed by atoms with Crippen LogP contribution in [0.4, 0.5) is 10.5 Å². The van der Waals surface area contributed by atoms with E-state index in [0.717, 1.165) is 12.0 Å². The Labute approximate surface area is 201 Å². The Bertz CT molecular complexity index is 1010. The van der Waals surface area contributed by atoms with Gasteiger partial charge in [0.15, 0.2) is 0 Å². The monoisotopic (exact) mass is 491 g/mol. The van der Waals surface area contributed by atoms with Crippen molar-refractivity contribution < 1.29 is 27.9 Å². The molecule has 2 rings (SSSR count). The smallest absolute Gasteiger partial charge is 0.404 e. The molecule has 10 heteroatoms. The molecule has 34 heavy (non-hydrogen) atoms. The molecule has 0 saturated carbocycles. The zero-order valence-electron chi connectivity index (χ0n) is 19.6. The van der Waals surface area contributed by atoms with Crippen LogP contribution in [0.15, 0.2) is 54.6 Å². The summed E-state index contributed by atoms with van der Waals surface area (Å²) < 4.78 is 33.2. The highest BCUT2D eigenvalue weighted by Gasteiger charge is 2.22. The Balaban J connectivity index is 2.01. The first-order valence-electron chi connectivity index (χ1n) is 11.1. The van der Waals surface area contributed by atoms with Gasteiger partial charge in [-0.2, -0.15) is 0 Å². The predicted octanol–water partition coefficient (Wildman–Crippen LogP) is 3.54. The minimum absolute atomic E-state index is 0.0553. The topological polar surface area (TPSA) is 125 Å². The van der Waals surface area contributed by atoms with Gasteiger partial charge in [-0.15, -0.1) is 0 Å². The van der Waals surface area contributed by atoms with Crippen molar-refractivity contribution in [3.63, 3.8) is 0 Å². The third kappa shape index (κ3) is 10.1. The summed E-state index contributed by atoms with van der Waals surface area (Å²) in [5.41, 5.74) is 1.49. The van der Waals surface area contributed by atoms with E-state index in [9.17, 15) is 18.0 Å². The zero-order valence-corrected chi connectivity index (χ0v) is 20.4. The van der Waals surface area contributed by atoms with Gasteiger partial charge in [0.05, 0.1) is 7.11 Å². The highest BCUT2D eigenvalue weighted by Crippen LogP contribution is 2.17. The third-order valence-electron chi connectivity index (χ3n) is 5.23. The Morgan fingerprint density at radius 3 is 2.38 bits per heavy atom. The van der Waals surface area contributed by atoms with E-state index < -0.39 is 22.0 Å². The summed E-state index contributed by atoms with van der Waals surface area (Å²) in [4.78, 5) is 24.9. The number of ether oxygens (including phenoxy) is 1. The first-order chi connectivity index (χ1) is 16.2. The SMILES string of the molecule is COc1ccc(NS(=O)(=O)CN(CCCc2ccccc2)C(=O)CCC(C)CNC(=O)O)cc1. The third-order valence-corrected chi connectivity index (χ3v) is 6.43. The van der Waals surface area contributed by atoms with Crippen molar-refractivity contribution in [2.45, 2.75) is 32.6 Å². The number of carbonyl (C=O) groups is 2. The Kier molecular flexibility index (Phi) is 10.7. The average molecular weight is 492 g/mol. The lowest BCUT2D eigenvalue weighted by Crippen LogP contribution is -2.39. The van der Waals surface area contributed by atoms with Gasteiger partial charge in [-0.1, -0.05) is 37.3 Å². The summed E-state index contributed by atoms with van der Waals surface area (Å²) in [6, 6.07) is 16.3. The number of methoxy groups -OCH3 is 1. The molecule has 0 saturated heterocycles. The Hall–Kier alpha value is -3.27. The van der Waals surface area contributed by atoms with Crippen LogP contribution in [0.2, 0.25) is 0 Å². The lowest BCUT2D eigenvalue weighted by molar-refractivity contribution is -0.130. The van der Waals surface area contributed by atoms with Crippen LogP contribution in [-0.2, 0) is 21.2 Å². The fraction of sp³-hybridized carbons (Fsp3) is 0.417. The van der Waals surface area contributed by atoms with E-state index in [1.165, 1.54) is 12.0 Å². The molecule has 0 spiro atoms. The first-order valence-corrected chi connectivity index (χ1v) is 12.8. The van der Waals surface area contributed by atoms with Gasteiger partial charge in [0, 0.05) is 25.2 Å². The van der Waals surface area contributed by atoms with E-state index in [-0.39, 0.29) is 24.8 Å². The van der Waals surface area contributed by atoms with Gasteiger partial charge in [0.25, 0.3) is 10.0 Å². The molecule has 1 unspecified atom stereocenters. The first kappa shape index (κ1) is 27.0. The maximum absolute atomic E-state index is 12.9. The van der Waals surface area contributed by atoms with Crippen LogP contribution in [-0.4, -0.2) is 56.5 Å². The van der Waals surface area contributed by atoms with Crippen molar-refractivity contribution in [1.29, 1.82) is 0 Å². The number of hydrogen-bond acceptors (Lipinski definition) is 5. The van der Waals surface area contributed by atoms with E-state index in [1.54, 1.807) is 24.3 Å². The van der Waals surface area contributed by atoms with Gasteiger partial charge in [-0.05, 0) is 55.0 Å². The number of carboxylic acid groups (broad SMARTS) is 1. The van der Waals surface area contributed by atoms with Crippen LogP contribution in [0.5, 0.6) is 5.75 Å². The maximum atomic E-state index is 12.9. The van der Waals surface area contributed by atoms with Crippen LogP contribution < -0.4 is 14.8 Å². The Morgan fingerprint density at radius 2 is 1.76 bits per heavy atom. The number of nitrogens with one attached hydrogen (secondary N) is 2. The molecule has 0 bridgehead atoms. The van der Waals surface area contributed by atoms with E-state index >= 15 is 0 Å². The largest absolute Gasteiger partial charge is 0.497 e. The van der Waals surface area contributed by atoms with Crippen LogP contribution in [0.25, 0.3) is 0 Å². The molecule has 2 aromatic carbocycles. The van der Waals surface area contributed by atoms with Crippen LogP contribution >= 0.6 is 0 Å². The Morgan fingerprint density at radius 1 is 1.09 bits per heavy atom. The lowest BCUT2D eigenvalue weighted by atomic mass is 10.1. The second-order valence-corrected chi connectivity index (χ2v) is 9.84. The summed E-state index contributed by atoms with van der Waals surface area (Å²) in [7, 11) is -2.30. The van der Waals surface area contributed by atoms with Crippen molar-refractivity contribution >= 4 is 27.7 Å². The molecule has 0 fully saturated rings. The molecule has 3 N–H and O–H groups in total. The molecule has 2 aromatic rings. The highest BCUT2D eigenvalue weighted by atomic mass is 32.2. The average Bonchev–Trinajstić information content (AvgIpc) is 2.81. The molecule has 0 aliphatic heterocycles. The van der Waals surface area contributed by atoms with E-state index in [1.807, 2.05) is 37.3 Å². The van der Waals surface area contributed by atoms with Gasteiger partial charge >= 0.3 is 6.09 Å². The van der Waals surface area contributed by atoms with Gasteiger partial charge in [0.1, 0.15) is 11.6 Å². The molecule has 0 aliphatic carbocycles. The minimum Gasteiger partial charge on any atom is -0.497 e. The molecule has 186 valence electrons. The molecule has 0 aromatic heterocycles. The van der Waals surface area contributed by atoms with Gasteiger partial charge in [-0.3, -0.25) is 9.52 Å². The summed E-state index contributed by atoms with van der Waals surface area (Å²) in [6.45, 7) is 2.36. The second kappa shape index (κ2) is 13.4. The number of sulfonamides is 1. The number of anilines is 1.